The van der Waals surface area contributed by atoms with Crippen molar-refractivity contribution in [1.82, 2.24) is 0 Å². The summed E-state index contributed by atoms with van der Waals surface area (Å²) in [6.45, 7) is 2.19. The Morgan fingerprint density at radius 2 is 1.64 bits per heavy atom. The molecule has 0 saturated carbocycles. The van der Waals surface area contributed by atoms with Crippen molar-refractivity contribution in [2.45, 2.75) is 13.3 Å². The highest BCUT2D eigenvalue weighted by molar-refractivity contribution is 5.88. The monoisotopic (exact) mass is 299 g/mol. The zero-order valence-electron chi connectivity index (χ0n) is 12.2. The van der Waals surface area contributed by atoms with E-state index in [9.17, 15) is 14.9 Å². The van der Waals surface area contributed by atoms with Gasteiger partial charge in [-0.3, -0.25) is 14.9 Å². The average molecular weight is 299 g/mol. The minimum absolute atomic E-state index is 0.0825. The standard InChI is InChI=1S/C16H17N3O3/c1-12(20)18-15-4-2-13(3-5-15)10-11-17-14-6-8-16(9-7-14)19(21)22/h2-9,17H,10-11H2,1H3,(H,18,20). The van der Waals surface area contributed by atoms with Gasteiger partial charge in [-0.2, -0.15) is 0 Å². The Bertz CT molecular complexity index is 651. The lowest BCUT2D eigenvalue weighted by atomic mass is 10.1. The molecule has 22 heavy (non-hydrogen) atoms. The number of nitro groups is 1. The van der Waals surface area contributed by atoms with Gasteiger partial charge in [0, 0.05) is 37.0 Å². The van der Waals surface area contributed by atoms with Crippen LogP contribution < -0.4 is 10.6 Å². The lowest BCUT2D eigenvalue weighted by Crippen LogP contribution is -2.07. The van der Waals surface area contributed by atoms with E-state index in [1.165, 1.54) is 19.1 Å². The molecule has 0 unspecified atom stereocenters. The number of nitrogens with zero attached hydrogens (tertiary/aromatic N) is 1. The molecule has 6 nitrogen and oxygen atoms in total. The maximum atomic E-state index is 10.9. The summed E-state index contributed by atoms with van der Waals surface area (Å²) in [5, 5.41) is 16.5. The number of nitro benzene ring substituents is 1. The smallest absolute Gasteiger partial charge is 0.269 e. The Kier molecular flexibility index (Phi) is 5.08. The molecule has 0 heterocycles. The third kappa shape index (κ3) is 4.59. The molecular formula is C16H17N3O3. The highest BCUT2D eigenvalue weighted by Crippen LogP contribution is 2.15. The Labute approximate surface area is 128 Å². The van der Waals surface area contributed by atoms with Crippen LogP contribution in [-0.2, 0) is 11.2 Å². The predicted octanol–water partition coefficient (Wildman–Crippen LogP) is 3.21. The molecule has 114 valence electrons. The molecule has 0 atom stereocenters. The van der Waals surface area contributed by atoms with Crippen LogP contribution >= 0.6 is 0 Å². The van der Waals surface area contributed by atoms with Gasteiger partial charge in [0.1, 0.15) is 0 Å². The van der Waals surface area contributed by atoms with Crippen LogP contribution in [-0.4, -0.2) is 17.4 Å². The fraction of sp³-hybridized carbons (Fsp3) is 0.188. The van der Waals surface area contributed by atoms with Gasteiger partial charge in [0.15, 0.2) is 0 Å². The third-order valence-electron chi connectivity index (χ3n) is 3.10. The van der Waals surface area contributed by atoms with Gasteiger partial charge in [0.25, 0.3) is 5.69 Å². The molecule has 0 aliphatic carbocycles. The number of hydrogen-bond donors (Lipinski definition) is 2. The molecule has 0 aliphatic heterocycles. The van der Waals surface area contributed by atoms with Crippen molar-refractivity contribution in [2.75, 3.05) is 17.2 Å². The molecule has 2 rings (SSSR count). The summed E-state index contributed by atoms with van der Waals surface area (Å²) in [6.07, 6.45) is 0.817. The van der Waals surface area contributed by atoms with E-state index >= 15 is 0 Å². The average Bonchev–Trinajstić information content (AvgIpc) is 2.49. The van der Waals surface area contributed by atoms with Gasteiger partial charge in [0.2, 0.25) is 5.91 Å². The maximum absolute atomic E-state index is 10.9. The van der Waals surface area contributed by atoms with Crippen LogP contribution in [0.2, 0.25) is 0 Å². The lowest BCUT2D eigenvalue weighted by molar-refractivity contribution is -0.384. The fourth-order valence-electron chi connectivity index (χ4n) is 2.01. The van der Waals surface area contributed by atoms with E-state index in [0.717, 1.165) is 29.9 Å². The van der Waals surface area contributed by atoms with Crippen LogP contribution in [0.15, 0.2) is 48.5 Å². The number of non-ortho nitro benzene ring substituents is 1. The molecule has 0 aromatic heterocycles. The first kappa shape index (κ1) is 15.5. The normalized spacial score (nSPS) is 10.0. The molecule has 2 aromatic rings. The minimum atomic E-state index is -0.416. The second-order valence-electron chi connectivity index (χ2n) is 4.86. The van der Waals surface area contributed by atoms with Crippen molar-refractivity contribution in [1.29, 1.82) is 0 Å². The van der Waals surface area contributed by atoms with Crippen molar-refractivity contribution in [2.24, 2.45) is 0 Å². The summed E-state index contributed by atoms with van der Waals surface area (Å²) < 4.78 is 0. The molecule has 0 spiro atoms. The third-order valence-corrected chi connectivity index (χ3v) is 3.10. The molecule has 0 radical (unpaired) electrons. The summed E-state index contributed by atoms with van der Waals surface area (Å²) in [5.74, 6) is -0.0902. The quantitative estimate of drug-likeness (QED) is 0.633. The second kappa shape index (κ2) is 7.21. The summed E-state index contributed by atoms with van der Waals surface area (Å²) in [5.41, 5.74) is 2.85. The van der Waals surface area contributed by atoms with Crippen LogP contribution in [0.1, 0.15) is 12.5 Å². The highest BCUT2D eigenvalue weighted by Gasteiger charge is 2.03. The maximum Gasteiger partial charge on any atom is 0.269 e. The number of hydrogen-bond acceptors (Lipinski definition) is 4. The molecular weight excluding hydrogens is 282 g/mol. The summed E-state index contributed by atoms with van der Waals surface area (Å²) in [7, 11) is 0. The molecule has 0 aliphatic rings. The molecule has 1 amide bonds. The first-order valence-corrected chi connectivity index (χ1v) is 6.89. The second-order valence-corrected chi connectivity index (χ2v) is 4.86. The number of nitrogens with one attached hydrogen (secondary N) is 2. The highest BCUT2D eigenvalue weighted by atomic mass is 16.6. The number of carbonyl (C=O) groups is 1. The number of rotatable bonds is 6. The number of amides is 1. The van der Waals surface area contributed by atoms with Crippen LogP contribution in [0.5, 0.6) is 0 Å². The largest absolute Gasteiger partial charge is 0.385 e. The zero-order chi connectivity index (χ0) is 15.9. The Morgan fingerprint density at radius 1 is 1.05 bits per heavy atom. The van der Waals surface area contributed by atoms with Gasteiger partial charge >= 0.3 is 0 Å². The van der Waals surface area contributed by atoms with Crippen molar-refractivity contribution in [3.05, 3.63) is 64.2 Å². The van der Waals surface area contributed by atoms with Crippen LogP contribution in [0.25, 0.3) is 0 Å². The SMILES string of the molecule is CC(=O)Nc1ccc(CCNc2ccc([N+](=O)[O-])cc2)cc1. The Balaban J connectivity index is 1.83. The number of anilines is 2. The van der Waals surface area contributed by atoms with E-state index in [2.05, 4.69) is 10.6 Å². The van der Waals surface area contributed by atoms with Crippen LogP contribution in [0, 0.1) is 10.1 Å². The van der Waals surface area contributed by atoms with E-state index in [-0.39, 0.29) is 11.6 Å². The van der Waals surface area contributed by atoms with E-state index in [0.29, 0.717) is 0 Å². The first-order chi connectivity index (χ1) is 10.5. The number of benzene rings is 2. The van der Waals surface area contributed by atoms with Crippen LogP contribution in [0.3, 0.4) is 0 Å². The Morgan fingerprint density at radius 3 is 2.18 bits per heavy atom. The predicted molar refractivity (Wildman–Crippen MR) is 86.0 cm³/mol. The fourth-order valence-corrected chi connectivity index (χ4v) is 2.01. The summed E-state index contributed by atoms with van der Waals surface area (Å²) in [4.78, 5) is 21.1. The van der Waals surface area contributed by atoms with Crippen molar-refractivity contribution in [3.8, 4) is 0 Å². The molecule has 0 bridgehead atoms. The van der Waals surface area contributed by atoms with Crippen LogP contribution in [0.4, 0.5) is 17.1 Å². The van der Waals surface area contributed by atoms with Gasteiger partial charge in [-0.25, -0.2) is 0 Å². The Hall–Kier alpha value is -2.89. The number of carbonyl (C=O) groups excluding carboxylic acids is 1. The van der Waals surface area contributed by atoms with E-state index < -0.39 is 4.92 Å². The minimum Gasteiger partial charge on any atom is -0.385 e. The lowest BCUT2D eigenvalue weighted by Gasteiger charge is -2.07. The summed E-state index contributed by atoms with van der Waals surface area (Å²) in [6, 6.07) is 14.0. The van der Waals surface area contributed by atoms with Crippen molar-refractivity contribution in [3.63, 3.8) is 0 Å². The molecule has 0 saturated heterocycles. The van der Waals surface area contributed by atoms with Gasteiger partial charge in [-0.15, -0.1) is 0 Å². The van der Waals surface area contributed by atoms with E-state index in [1.54, 1.807) is 12.1 Å². The van der Waals surface area contributed by atoms with Gasteiger partial charge in [-0.05, 0) is 36.2 Å². The zero-order valence-corrected chi connectivity index (χ0v) is 12.2. The van der Waals surface area contributed by atoms with Crippen molar-refractivity contribution >= 4 is 23.0 Å². The molecule has 2 aromatic carbocycles. The van der Waals surface area contributed by atoms with E-state index in [1.807, 2.05) is 24.3 Å². The van der Waals surface area contributed by atoms with Crippen molar-refractivity contribution < 1.29 is 9.72 Å². The summed E-state index contributed by atoms with van der Waals surface area (Å²) >= 11 is 0. The first-order valence-electron chi connectivity index (χ1n) is 6.89. The molecule has 6 heteroatoms. The topological polar surface area (TPSA) is 84.3 Å². The van der Waals surface area contributed by atoms with Gasteiger partial charge < -0.3 is 10.6 Å². The molecule has 2 N–H and O–H groups in total. The van der Waals surface area contributed by atoms with E-state index in [4.69, 9.17) is 0 Å². The molecule has 0 fully saturated rings. The van der Waals surface area contributed by atoms with Gasteiger partial charge in [-0.1, -0.05) is 12.1 Å². The van der Waals surface area contributed by atoms with Gasteiger partial charge in [0.05, 0.1) is 4.92 Å².